The molecule has 0 amide bonds. The topological polar surface area (TPSA) is 40.9 Å². The number of hydrogen-bond acceptors (Lipinski definition) is 2. The van der Waals surface area contributed by atoms with E-state index in [1.165, 1.54) is 31.3 Å². The van der Waals surface area contributed by atoms with E-state index in [0.29, 0.717) is 17.6 Å². The average Bonchev–Trinajstić information content (AvgIpc) is 3.30. The number of nitriles is 1. The van der Waals surface area contributed by atoms with Gasteiger partial charge in [0.2, 0.25) is 0 Å². The van der Waals surface area contributed by atoms with Crippen LogP contribution in [0.5, 0.6) is 0 Å². The van der Waals surface area contributed by atoms with Crippen LogP contribution in [0.15, 0.2) is 11.6 Å². The third kappa shape index (κ3) is 1.57. The quantitative estimate of drug-likeness (QED) is 0.660. The molecule has 0 unspecified atom stereocenters. The molecule has 4 saturated carbocycles. The second-order valence-electron chi connectivity index (χ2n) is 9.50. The molecule has 2 heteroatoms. The van der Waals surface area contributed by atoms with Gasteiger partial charge in [-0.15, -0.1) is 0 Å². The van der Waals surface area contributed by atoms with Crippen LogP contribution in [0.25, 0.3) is 0 Å². The van der Waals surface area contributed by atoms with Gasteiger partial charge in [0, 0.05) is 6.42 Å². The molecule has 5 rings (SSSR count). The van der Waals surface area contributed by atoms with E-state index in [1.807, 2.05) is 6.08 Å². The fourth-order valence-corrected chi connectivity index (χ4v) is 7.73. The van der Waals surface area contributed by atoms with Crippen LogP contribution < -0.4 is 0 Å². The number of carbonyl (C=O) groups is 1. The standard InChI is InChI=1S/C21H27NO/c1-20-8-7-15-14-6-4-13(23)9-12(14)3-5-16(15)19(20)17-10-18(17)21(20,2)11-22/h9,14-19H,3-8,10H2,1-2H3/t14-,15+,16+,17+,18-,19+,20-,21-/m0/s1. The Labute approximate surface area is 139 Å². The molecule has 0 heterocycles. The molecular weight excluding hydrogens is 282 g/mol. The summed E-state index contributed by atoms with van der Waals surface area (Å²) in [5.41, 5.74) is 1.62. The fourth-order valence-electron chi connectivity index (χ4n) is 7.73. The third-order valence-electron chi connectivity index (χ3n) is 9.01. The Morgan fingerprint density at radius 3 is 2.74 bits per heavy atom. The molecule has 0 N–H and O–H groups in total. The lowest BCUT2D eigenvalue weighted by atomic mass is 9.47. The normalized spacial score (nSPS) is 56.6. The maximum atomic E-state index is 11.8. The minimum Gasteiger partial charge on any atom is -0.295 e. The predicted molar refractivity (Wildman–Crippen MR) is 88.2 cm³/mol. The van der Waals surface area contributed by atoms with Gasteiger partial charge in [0.15, 0.2) is 5.78 Å². The van der Waals surface area contributed by atoms with Gasteiger partial charge in [0.1, 0.15) is 0 Å². The molecule has 0 bridgehead atoms. The highest BCUT2D eigenvalue weighted by atomic mass is 16.1. The summed E-state index contributed by atoms with van der Waals surface area (Å²) in [5.74, 6) is 4.92. The van der Waals surface area contributed by atoms with E-state index >= 15 is 0 Å². The van der Waals surface area contributed by atoms with Crippen LogP contribution in [0.3, 0.4) is 0 Å². The smallest absolute Gasteiger partial charge is 0.155 e. The van der Waals surface area contributed by atoms with Crippen LogP contribution in [-0.4, -0.2) is 5.78 Å². The lowest BCUT2D eigenvalue weighted by molar-refractivity contribution is -0.116. The van der Waals surface area contributed by atoms with Gasteiger partial charge < -0.3 is 0 Å². The first-order valence-corrected chi connectivity index (χ1v) is 9.64. The summed E-state index contributed by atoms with van der Waals surface area (Å²) >= 11 is 0. The van der Waals surface area contributed by atoms with Crippen molar-refractivity contribution >= 4 is 5.78 Å². The molecule has 4 fully saturated rings. The van der Waals surface area contributed by atoms with Gasteiger partial charge in [-0.05, 0) is 92.4 Å². The molecule has 0 aliphatic heterocycles. The van der Waals surface area contributed by atoms with Crippen molar-refractivity contribution in [3.63, 3.8) is 0 Å². The maximum Gasteiger partial charge on any atom is 0.155 e. The first kappa shape index (κ1) is 14.3. The van der Waals surface area contributed by atoms with E-state index in [1.54, 1.807) is 0 Å². The molecule has 0 radical (unpaired) electrons. The van der Waals surface area contributed by atoms with Gasteiger partial charge in [0.05, 0.1) is 11.5 Å². The van der Waals surface area contributed by atoms with E-state index in [9.17, 15) is 10.1 Å². The van der Waals surface area contributed by atoms with Crippen molar-refractivity contribution in [1.29, 1.82) is 5.26 Å². The van der Waals surface area contributed by atoms with Gasteiger partial charge in [-0.25, -0.2) is 0 Å². The summed E-state index contributed by atoms with van der Waals surface area (Å²) < 4.78 is 0. The molecule has 2 nitrogen and oxygen atoms in total. The highest BCUT2D eigenvalue weighted by Crippen LogP contribution is 2.78. The second kappa shape index (κ2) is 4.29. The molecule has 23 heavy (non-hydrogen) atoms. The van der Waals surface area contributed by atoms with Crippen LogP contribution in [0.1, 0.15) is 58.8 Å². The van der Waals surface area contributed by atoms with Crippen LogP contribution in [0, 0.1) is 57.7 Å². The lowest BCUT2D eigenvalue weighted by Crippen LogP contribution is -2.50. The van der Waals surface area contributed by atoms with Crippen LogP contribution >= 0.6 is 0 Å². The van der Waals surface area contributed by atoms with Gasteiger partial charge in [-0.3, -0.25) is 4.79 Å². The molecule has 5 aliphatic carbocycles. The fraction of sp³-hybridized carbons (Fsp3) is 0.810. The minimum atomic E-state index is -0.0913. The summed E-state index contributed by atoms with van der Waals surface area (Å²) in [6.07, 6.45) is 10.1. The highest BCUT2D eigenvalue weighted by molar-refractivity contribution is 5.91. The first-order valence-electron chi connectivity index (χ1n) is 9.64. The Kier molecular flexibility index (Phi) is 2.66. The highest BCUT2D eigenvalue weighted by Gasteiger charge is 2.74. The Morgan fingerprint density at radius 2 is 1.96 bits per heavy atom. The molecule has 0 aromatic carbocycles. The van der Waals surface area contributed by atoms with Gasteiger partial charge in [-0.2, -0.15) is 5.26 Å². The van der Waals surface area contributed by atoms with Crippen molar-refractivity contribution in [2.45, 2.75) is 58.8 Å². The number of ketones is 1. The molecule has 0 saturated heterocycles. The Balaban J connectivity index is 1.52. The number of allylic oxidation sites excluding steroid dienone is 1. The van der Waals surface area contributed by atoms with Crippen molar-refractivity contribution in [2.75, 3.05) is 0 Å². The van der Waals surface area contributed by atoms with Crippen molar-refractivity contribution in [1.82, 2.24) is 0 Å². The summed E-state index contributed by atoms with van der Waals surface area (Å²) in [6.45, 7) is 4.71. The molecule has 122 valence electrons. The van der Waals surface area contributed by atoms with Crippen molar-refractivity contribution in [3.05, 3.63) is 11.6 Å². The third-order valence-corrected chi connectivity index (χ3v) is 9.01. The monoisotopic (exact) mass is 309 g/mol. The maximum absolute atomic E-state index is 11.8. The molecular formula is C21H27NO. The first-order chi connectivity index (χ1) is 11.0. The molecule has 0 aromatic rings. The predicted octanol–water partition coefficient (Wildman–Crippen LogP) is 4.51. The number of fused-ring (bicyclic) bond motifs is 7. The summed E-state index contributed by atoms with van der Waals surface area (Å²) in [4.78, 5) is 11.8. The van der Waals surface area contributed by atoms with E-state index in [4.69, 9.17) is 0 Å². The van der Waals surface area contributed by atoms with Crippen LogP contribution in [0.2, 0.25) is 0 Å². The zero-order valence-electron chi connectivity index (χ0n) is 14.3. The van der Waals surface area contributed by atoms with Crippen LogP contribution in [0.4, 0.5) is 0 Å². The summed E-state index contributed by atoms with van der Waals surface area (Å²) in [7, 11) is 0. The SMILES string of the molecule is C[C@]1(C#N)[C@H]2C[C@H]2[C@H]2[C@@H]3CCC4=CC(=O)CC[C@@H]4[C@H]3CC[C@@]21C. The number of hydrogen-bond donors (Lipinski definition) is 0. The van der Waals surface area contributed by atoms with Crippen molar-refractivity contribution < 1.29 is 4.79 Å². The van der Waals surface area contributed by atoms with E-state index in [2.05, 4.69) is 19.9 Å². The molecule has 0 spiro atoms. The van der Waals surface area contributed by atoms with Gasteiger partial charge in [-0.1, -0.05) is 12.5 Å². The molecule has 0 aromatic heterocycles. The largest absolute Gasteiger partial charge is 0.295 e. The van der Waals surface area contributed by atoms with E-state index < -0.39 is 0 Å². The number of nitrogens with zero attached hydrogens (tertiary/aromatic N) is 1. The Hall–Kier alpha value is -1.10. The number of rotatable bonds is 0. The zero-order chi connectivity index (χ0) is 16.0. The van der Waals surface area contributed by atoms with Crippen molar-refractivity contribution in [3.8, 4) is 6.07 Å². The lowest BCUT2D eigenvalue weighted by Gasteiger charge is -2.56. The van der Waals surface area contributed by atoms with E-state index in [0.717, 1.165) is 42.9 Å². The van der Waals surface area contributed by atoms with E-state index in [-0.39, 0.29) is 10.8 Å². The van der Waals surface area contributed by atoms with Crippen molar-refractivity contribution in [2.24, 2.45) is 46.3 Å². The van der Waals surface area contributed by atoms with Gasteiger partial charge in [0.25, 0.3) is 0 Å². The average molecular weight is 309 g/mol. The Morgan fingerprint density at radius 1 is 1.13 bits per heavy atom. The summed E-state index contributed by atoms with van der Waals surface area (Å²) in [5, 5.41) is 9.94. The molecule has 5 aliphatic rings. The molecule has 8 atom stereocenters. The van der Waals surface area contributed by atoms with Crippen LogP contribution in [-0.2, 0) is 4.79 Å². The summed E-state index contributed by atoms with van der Waals surface area (Å²) in [6, 6.07) is 2.77. The minimum absolute atomic E-state index is 0.0913. The van der Waals surface area contributed by atoms with Gasteiger partial charge >= 0.3 is 0 Å². The second-order valence-corrected chi connectivity index (χ2v) is 9.50. The number of carbonyl (C=O) groups excluding carboxylic acids is 1. The Bertz CT molecular complexity index is 657. The zero-order valence-corrected chi connectivity index (χ0v) is 14.3.